The molecule has 0 aliphatic carbocycles. The minimum Gasteiger partial charge on any atom is -0.462 e. The highest BCUT2D eigenvalue weighted by Gasteiger charge is 2.36. The van der Waals surface area contributed by atoms with Crippen LogP contribution in [0.3, 0.4) is 0 Å². The Labute approximate surface area is 343 Å². The van der Waals surface area contributed by atoms with Gasteiger partial charge in [-0.3, -0.25) is 14.1 Å². The Morgan fingerprint density at radius 1 is 0.625 bits per heavy atom. The molecule has 2 N–H and O–H groups in total. The second kappa shape index (κ2) is 36.8. The van der Waals surface area contributed by atoms with Gasteiger partial charge in [0, 0.05) is 12.8 Å². The van der Waals surface area contributed by atoms with E-state index in [1.165, 1.54) is 122 Å². The van der Waals surface area contributed by atoms with Crippen LogP contribution in [0.5, 0.6) is 0 Å². The van der Waals surface area contributed by atoms with Crippen LogP contribution in [-0.2, 0) is 32.9 Å². The quantitative estimate of drug-likeness (QED) is 0.0203. The van der Waals surface area contributed by atoms with E-state index in [1.807, 2.05) is 0 Å². The predicted molar refractivity (Wildman–Crippen MR) is 230 cm³/mol. The number of hydrogen-bond acceptors (Lipinski definition) is 7. The third kappa shape index (κ3) is 35.9. The van der Waals surface area contributed by atoms with Crippen LogP contribution >= 0.6 is 7.82 Å². The van der Waals surface area contributed by atoms with Gasteiger partial charge in [0.15, 0.2) is 6.10 Å². The molecule has 1 saturated heterocycles. The molecule has 0 bridgehead atoms. The number of esters is 2. The third-order valence-electron chi connectivity index (χ3n) is 11.2. The summed E-state index contributed by atoms with van der Waals surface area (Å²) in [5, 5.41) is 0. The van der Waals surface area contributed by atoms with Crippen molar-refractivity contribution in [1.29, 1.82) is 0 Å². The van der Waals surface area contributed by atoms with Crippen molar-refractivity contribution in [3.63, 3.8) is 0 Å². The molecule has 4 atom stereocenters. The van der Waals surface area contributed by atoms with E-state index in [-0.39, 0.29) is 19.4 Å². The molecule has 0 aromatic heterocycles. The smallest absolute Gasteiger partial charge is 0.462 e. The van der Waals surface area contributed by atoms with Crippen LogP contribution in [0.4, 0.5) is 0 Å². The molecule has 0 amide bonds. The summed E-state index contributed by atoms with van der Waals surface area (Å²) in [4.78, 5) is 43.0. The lowest BCUT2D eigenvalue weighted by molar-refractivity contribution is -0.161. The van der Waals surface area contributed by atoms with Gasteiger partial charge in [-0.2, -0.15) is 0 Å². The lowest BCUT2D eigenvalue weighted by Gasteiger charge is -2.18. The zero-order valence-corrected chi connectivity index (χ0v) is 37.3. The summed E-state index contributed by atoms with van der Waals surface area (Å²) >= 11 is 0. The van der Waals surface area contributed by atoms with E-state index in [2.05, 4.69) is 37.4 Å². The summed E-state index contributed by atoms with van der Waals surface area (Å²) in [5.74, 6) is 0.00261. The fraction of sp³-hybridized carbons (Fsp3) is 0.913. The van der Waals surface area contributed by atoms with Crippen molar-refractivity contribution in [2.24, 2.45) is 5.92 Å². The van der Waals surface area contributed by atoms with E-state index < -0.39 is 32.5 Å². The van der Waals surface area contributed by atoms with Gasteiger partial charge in [0.05, 0.1) is 18.8 Å². The van der Waals surface area contributed by atoms with Crippen LogP contribution in [-0.4, -0.2) is 53.3 Å². The van der Waals surface area contributed by atoms with Crippen molar-refractivity contribution >= 4 is 19.8 Å². The summed E-state index contributed by atoms with van der Waals surface area (Å²) in [5.41, 5.74) is 0. The second-order valence-corrected chi connectivity index (χ2v) is 18.0. The van der Waals surface area contributed by atoms with Crippen LogP contribution in [0, 0.1) is 5.92 Å². The standard InChI is InChI=1S/C46H87O9P/c1-4-6-7-8-25-30-35-43-44(55-43)36-31-26-23-28-32-37-45(47)52-39-42(40-53-56(49,50)51)54-46(48)38-33-27-22-20-18-16-14-12-10-9-11-13-15-17-19-21-24-29-34-41(3)5-2/h25,30,41-44H,4-24,26-29,31-40H2,1-3H3,(H2,49,50,51)/b30-25-/t41?,42-,43?,44?/m1/s1. The van der Waals surface area contributed by atoms with Gasteiger partial charge in [0.2, 0.25) is 0 Å². The van der Waals surface area contributed by atoms with Crippen LogP contribution in [0.2, 0.25) is 0 Å². The predicted octanol–water partition coefficient (Wildman–Crippen LogP) is 13.4. The highest BCUT2D eigenvalue weighted by Crippen LogP contribution is 2.36. The molecule has 0 radical (unpaired) electrons. The van der Waals surface area contributed by atoms with E-state index in [0.717, 1.165) is 70.1 Å². The zero-order chi connectivity index (χ0) is 41.0. The molecule has 1 heterocycles. The largest absolute Gasteiger partial charge is 0.469 e. The Morgan fingerprint density at radius 2 is 1.12 bits per heavy atom. The number of ether oxygens (including phenoxy) is 3. The molecule has 1 rings (SSSR count). The van der Waals surface area contributed by atoms with Crippen molar-refractivity contribution < 1.29 is 42.7 Å². The molecule has 56 heavy (non-hydrogen) atoms. The summed E-state index contributed by atoms with van der Waals surface area (Å²) in [7, 11) is -4.76. The van der Waals surface area contributed by atoms with Gasteiger partial charge >= 0.3 is 19.8 Å². The number of phosphoric acid groups is 1. The normalized spacial score (nSPS) is 16.7. The van der Waals surface area contributed by atoms with Crippen LogP contribution in [0.25, 0.3) is 0 Å². The van der Waals surface area contributed by atoms with Crippen LogP contribution < -0.4 is 0 Å². The molecule has 0 aromatic carbocycles. The summed E-state index contributed by atoms with van der Waals surface area (Å²) in [6, 6.07) is 0. The van der Waals surface area contributed by atoms with E-state index in [9.17, 15) is 14.2 Å². The summed E-state index contributed by atoms with van der Waals surface area (Å²) < 4.78 is 32.3. The fourth-order valence-corrected chi connectivity index (χ4v) is 7.60. The summed E-state index contributed by atoms with van der Waals surface area (Å²) in [6.45, 7) is 6.06. The van der Waals surface area contributed by atoms with Gasteiger partial charge in [-0.05, 0) is 44.4 Å². The molecule has 1 aliphatic rings. The number of allylic oxidation sites excluding steroid dienone is 1. The zero-order valence-electron chi connectivity index (χ0n) is 36.4. The van der Waals surface area contributed by atoms with E-state index in [1.54, 1.807) is 0 Å². The topological polar surface area (TPSA) is 132 Å². The maximum absolute atomic E-state index is 12.5. The van der Waals surface area contributed by atoms with Crippen molar-refractivity contribution in [3.05, 3.63) is 12.2 Å². The number of carbonyl (C=O) groups is 2. The number of hydrogen-bond donors (Lipinski definition) is 2. The molecule has 0 spiro atoms. The second-order valence-electron chi connectivity index (χ2n) is 16.7. The molecule has 9 nitrogen and oxygen atoms in total. The Balaban J connectivity index is 2.00. The minimum absolute atomic E-state index is 0.211. The highest BCUT2D eigenvalue weighted by atomic mass is 31.2. The molecular weight excluding hydrogens is 727 g/mol. The molecule has 330 valence electrons. The molecule has 10 heteroatoms. The lowest BCUT2D eigenvalue weighted by atomic mass is 9.99. The van der Waals surface area contributed by atoms with Gasteiger partial charge in [-0.15, -0.1) is 0 Å². The Morgan fingerprint density at radius 3 is 1.64 bits per heavy atom. The average Bonchev–Trinajstić information content (AvgIpc) is 3.93. The van der Waals surface area contributed by atoms with Crippen molar-refractivity contribution in [2.75, 3.05) is 13.2 Å². The minimum atomic E-state index is -4.76. The van der Waals surface area contributed by atoms with Crippen LogP contribution in [0.1, 0.15) is 233 Å². The number of carbonyl (C=O) groups excluding carboxylic acids is 2. The lowest BCUT2D eigenvalue weighted by Crippen LogP contribution is -2.29. The van der Waals surface area contributed by atoms with E-state index in [4.69, 9.17) is 24.0 Å². The first-order valence-electron chi connectivity index (χ1n) is 23.5. The number of epoxide rings is 1. The maximum atomic E-state index is 12.5. The van der Waals surface area contributed by atoms with Gasteiger partial charge in [0.25, 0.3) is 0 Å². The molecule has 1 aliphatic heterocycles. The number of phosphoric ester groups is 1. The summed E-state index contributed by atoms with van der Waals surface area (Å²) in [6.07, 6.45) is 42.4. The van der Waals surface area contributed by atoms with Gasteiger partial charge in [-0.25, -0.2) is 4.57 Å². The van der Waals surface area contributed by atoms with E-state index in [0.29, 0.717) is 25.0 Å². The Hall–Kier alpha value is -1.25. The highest BCUT2D eigenvalue weighted by molar-refractivity contribution is 7.46. The molecule has 1 fully saturated rings. The van der Waals surface area contributed by atoms with Gasteiger partial charge in [0.1, 0.15) is 6.61 Å². The number of rotatable bonds is 42. The molecular formula is C46H87O9P. The molecule has 0 saturated carbocycles. The van der Waals surface area contributed by atoms with Gasteiger partial charge < -0.3 is 24.0 Å². The Bertz CT molecular complexity index is 999. The van der Waals surface area contributed by atoms with Gasteiger partial charge in [-0.1, -0.05) is 193 Å². The SMILES string of the molecule is CCCCC/C=C\CC1OC1CCCCCCCC(=O)OC[C@H](COP(=O)(O)O)OC(=O)CCCCCCCCCCCCCCCCCCCCC(C)CC. The first-order valence-corrected chi connectivity index (χ1v) is 25.0. The van der Waals surface area contributed by atoms with Crippen molar-refractivity contribution in [1.82, 2.24) is 0 Å². The fourth-order valence-electron chi connectivity index (χ4n) is 7.24. The van der Waals surface area contributed by atoms with E-state index >= 15 is 0 Å². The molecule has 3 unspecified atom stereocenters. The molecule has 0 aromatic rings. The first-order chi connectivity index (χ1) is 27.1. The van der Waals surface area contributed by atoms with Crippen molar-refractivity contribution in [3.8, 4) is 0 Å². The number of unbranched alkanes of at least 4 members (excludes halogenated alkanes) is 24. The third-order valence-corrected chi connectivity index (χ3v) is 11.7. The monoisotopic (exact) mass is 815 g/mol. The maximum Gasteiger partial charge on any atom is 0.469 e. The van der Waals surface area contributed by atoms with Crippen LogP contribution in [0.15, 0.2) is 12.2 Å². The average molecular weight is 815 g/mol. The van der Waals surface area contributed by atoms with Crippen molar-refractivity contribution in [2.45, 2.75) is 251 Å². The first kappa shape index (κ1) is 52.8. The Kier molecular flexibility index (Phi) is 34.7.